The Labute approximate surface area is 166 Å². The van der Waals surface area contributed by atoms with Gasteiger partial charge in [0.15, 0.2) is 0 Å². The highest BCUT2D eigenvalue weighted by molar-refractivity contribution is 5.72. The van der Waals surface area contributed by atoms with E-state index in [1.807, 2.05) is 0 Å². The molecular weight excluding hydrogens is 342 g/mol. The van der Waals surface area contributed by atoms with Gasteiger partial charge in [0.25, 0.3) is 0 Å². The van der Waals surface area contributed by atoms with Crippen molar-refractivity contribution in [1.82, 2.24) is 4.90 Å². The zero-order valence-electron chi connectivity index (χ0n) is 16.0. The first-order chi connectivity index (χ1) is 13.8. The van der Waals surface area contributed by atoms with E-state index in [4.69, 9.17) is 0 Å². The van der Waals surface area contributed by atoms with E-state index in [0.29, 0.717) is 0 Å². The molecule has 4 aliphatic rings. The lowest BCUT2D eigenvalue weighted by molar-refractivity contribution is 0.0782. The van der Waals surface area contributed by atoms with Crippen LogP contribution in [-0.2, 0) is 5.41 Å². The summed E-state index contributed by atoms with van der Waals surface area (Å²) in [5.74, 6) is 0.268. The molecule has 3 aliphatic carbocycles. The van der Waals surface area contributed by atoms with Gasteiger partial charge in [-0.15, -0.1) is 0 Å². The van der Waals surface area contributed by atoms with E-state index in [1.54, 1.807) is 0 Å². The minimum Gasteiger partial charge on any atom is -0.390 e. The molecule has 0 saturated carbocycles. The van der Waals surface area contributed by atoms with Gasteiger partial charge in [-0.3, -0.25) is 0 Å². The lowest BCUT2D eigenvalue weighted by Gasteiger charge is -2.53. The Hall–Kier alpha value is -2.42. The molecule has 3 aromatic carbocycles. The van der Waals surface area contributed by atoms with E-state index < -0.39 is 11.5 Å². The van der Waals surface area contributed by atoms with E-state index in [2.05, 4.69) is 77.7 Å². The number of likely N-dealkylation sites (tertiary alicyclic amines) is 1. The zero-order valence-corrected chi connectivity index (χ0v) is 16.0. The monoisotopic (exact) mass is 367 g/mol. The average molecular weight is 367 g/mol. The van der Waals surface area contributed by atoms with Crippen molar-refractivity contribution in [3.63, 3.8) is 0 Å². The summed E-state index contributed by atoms with van der Waals surface area (Å²) in [6.45, 7) is 2.92. The summed E-state index contributed by atoms with van der Waals surface area (Å²) in [5.41, 5.74) is 7.49. The lowest BCUT2D eigenvalue weighted by Crippen LogP contribution is -2.53. The number of hydrogen-bond acceptors (Lipinski definition) is 2. The minimum absolute atomic E-state index is 0.268. The molecule has 1 aliphatic heterocycles. The Kier molecular flexibility index (Phi) is 3.56. The molecule has 0 spiro atoms. The molecule has 0 radical (unpaired) electrons. The SMILES string of the molecule is O[C@H](CN1CCCC1)C12c3ccccc3C(c3ccccc31)c1ccccc12. The van der Waals surface area contributed by atoms with Crippen LogP contribution in [0.3, 0.4) is 0 Å². The summed E-state index contributed by atoms with van der Waals surface area (Å²) in [6.07, 6.45) is 2.01. The Morgan fingerprint density at radius 1 is 0.750 bits per heavy atom. The Morgan fingerprint density at radius 2 is 1.18 bits per heavy atom. The molecule has 0 aromatic heterocycles. The molecule has 0 amide bonds. The maximum atomic E-state index is 11.9. The van der Waals surface area contributed by atoms with E-state index in [-0.39, 0.29) is 5.92 Å². The zero-order chi connectivity index (χ0) is 18.7. The summed E-state index contributed by atoms with van der Waals surface area (Å²) in [6, 6.07) is 26.4. The van der Waals surface area contributed by atoms with Gasteiger partial charge >= 0.3 is 0 Å². The second-order valence-corrected chi connectivity index (χ2v) is 8.53. The van der Waals surface area contributed by atoms with Gasteiger partial charge in [0.05, 0.1) is 11.5 Å². The summed E-state index contributed by atoms with van der Waals surface area (Å²) < 4.78 is 0. The van der Waals surface area contributed by atoms with Crippen molar-refractivity contribution < 1.29 is 5.11 Å². The summed E-state index contributed by atoms with van der Waals surface area (Å²) in [7, 11) is 0. The Bertz CT molecular complexity index is 934. The third-order valence-corrected chi connectivity index (χ3v) is 7.22. The first kappa shape index (κ1) is 16.5. The summed E-state index contributed by atoms with van der Waals surface area (Å²) in [4.78, 5) is 2.44. The molecule has 3 aromatic rings. The van der Waals surface area contributed by atoms with Crippen LogP contribution in [0.15, 0.2) is 72.8 Å². The van der Waals surface area contributed by atoms with Crippen molar-refractivity contribution in [1.29, 1.82) is 0 Å². The number of rotatable bonds is 3. The predicted molar refractivity (Wildman–Crippen MR) is 112 cm³/mol. The standard InChI is InChI=1S/C26H25NO/c28-24(17-27-15-7-8-16-27)26-21-12-4-1-9-18(21)25(19-10-2-5-13-22(19)26)20-11-3-6-14-23(20)26/h1-6,9-14,24-25,28H,7-8,15-17H2/t24-,25?,26?/m1/s1. The largest absolute Gasteiger partial charge is 0.390 e. The molecule has 2 bridgehead atoms. The number of aliphatic hydroxyl groups excluding tert-OH is 1. The first-order valence-electron chi connectivity index (χ1n) is 10.5. The second kappa shape index (κ2) is 6.04. The van der Waals surface area contributed by atoms with Crippen LogP contribution >= 0.6 is 0 Å². The van der Waals surface area contributed by atoms with Gasteiger partial charge < -0.3 is 10.0 Å². The van der Waals surface area contributed by atoms with Crippen LogP contribution in [0.5, 0.6) is 0 Å². The number of hydrogen-bond donors (Lipinski definition) is 1. The van der Waals surface area contributed by atoms with Crippen LogP contribution in [0.4, 0.5) is 0 Å². The fourth-order valence-corrected chi connectivity index (χ4v) is 6.15. The Balaban J connectivity index is 1.66. The third kappa shape index (κ3) is 2.00. The molecule has 2 nitrogen and oxygen atoms in total. The fourth-order valence-electron chi connectivity index (χ4n) is 6.15. The second-order valence-electron chi connectivity index (χ2n) is 8.53. The van der Waals surface area contributed by atoms with Gasteiger partial charge in [-0.05, 0) is 59.3 Å². The van der Waals surface area contributed by atoms with Crippen LogP contribution in [0, 0.1) is 0 Å². The van der Waals surface area contributed by atoms with Gasteiger partial charge in [-0.25, -0.2) is 0 Å². The molecule has 1 N–H and O–H groups in total. The highest BCUT2D eigenvalue weighted by Crippen LogP contribution is 2.60. The number of β-amino-alcohol motifs (C(OH)–C–C–N with tert-alkyl or cyclic N) is 1. The molecule has 1 atom stereocenters. The molecule has 1 heterocycles. The summed E-state index contributed by atoms with van der Waals surface area (Å²) >= 11 is 0. The van der Waals surface area contributed by atoms with Gasteiger partial charge in [0.2, 0.25) is 0 Å². The van der Waals surface area contributed by atoms with Crippen molar-refractivity contribution in [3.8, 4) is 0 Å². The number of benzene rings is 3. The molecule has 28 heavy (non-hydrogen) atoms. The highest BCUT2D eigenvalue weighted by atomic mass is 16.3. The van der Waals surface area contributed by atoms with Crippen LogP contribution < -0.4 is 0 Å². The third-order valence-electron chi connectivity index (χ3n) is 7.22. The van der Waals surface area contributed by atoms with E-state index >= 15 is 0 Å². The molecule has 1 saturated heterocycles. The normalized spacial score (nSPS) is 25.8. The smallest absolute Gasteiger partial charge is 0.0845 e. The van der Waals surface area contributed by atoms with Crippen LogP contribution in [0.25, 0.3) is 0 Å². The van der Waals surface area contributed by atoms with Crippen molar-refractivity contribution in [2.24, 2.45) is 0 Å². The van der Waals surface area contributed by atoms with Gasteiger partial charge in [0.1, 0.15) is 0 Å². The van der Waals surface area contributed by atoms with Crippen LogP contribution in [0.1, 0.15) is 52.1 Å². The Morgan fingerprint density at radius 3 is 1.64 bits per heavy atom. The molecule has 140 valence electrons. The fraction of sp³-hybridized carbons (Fsp3) is 0.308. The van der Waals surface area contributed by atoms with Crippen molar-refractivity contribution in [3.05, 3.63) is 106 Å². The number of nitrogens with zero attached hydrogens (tertiary/aromatic N) is 1. The highest BCUT2D eigenvalue weighted by Gasteiger charge is 2.55. The predicted octanol–water partition coefficient (Wildman–Crippen LogP) is 4.28. The molecule has 7 rings (SSSR count). The van der Waals surface area contributed by atoms with E-state index in [9.17, 15) is 5.11 Å². The van der Waals surface area contributed by atoms with Crippen molar-refractivity contribution in [2.75, 3.05) is 19.6 Å². The van der Waals surface area contributed by atoms with Crippen LogP contribution in [-0.4, -0.2) is 35.7 Å². The van der Waals surface area contributed by atoms with Crippen LogP contribution in [0.2, 0.25) is 0 Å². The lowest BCUT2D eigenvalue weighted by atomic mass is 9.51. The quantitative estimate of drug-likeness (QED) is 0.747. The van der Waals surface area contributed by atoms with Gasteiger partial charge in [0, 0.05) is 12.5 Å². The maximum Gasteiger partial charge on any atom is 0.0845 e. The minimum atomic E-state index is -0.485. The number of aliphatic hydroxyl groups is 1. The maximum absolute atomic E-state index is 11.9. The molecule has 1 fully saturated rings. The molecular formula is C26H25NO. The average Bonchev–Trinajstić information content (AvgIpc) is 3.26. The van der Waals surface area contributed by atoms with Crippen molar-refractivity contribution in [2.45, 2.75) is 30.3 Å². The van der Waals surface area contributed by atoms with Crippen molar-refractivity contribution >= 4 is 0 Å². The molecule has 2 heteroatoms. The van der Waals surface area contributed by atoms with Gasteiger partial charge in [-0.2, -0.15) is 0 Å². The molecule has 0 unspecified atom stereocenters. The first-order valence-corrected chi connectivity index (χ1v) is 10.5. The van der Waals surface area contributed by atoms with E-state index in [1.165, 1.54) is 46.2 Å². The van der Waals surface area contributed by atoms with Gasteiger partial charge in [-0.1, -0.05) is 72.8 Å². The topological polar surface area (TPSA) is 23.5 Å². The van der Waals surface area contributed by atoms with E-state index in [0.717, 1.165) is 19.6 Å². The summed E-state index contributed by atoms with van der Waals surface area (Å²) in [5, 5.41) is 11.9.